The summed E-state index contributed by atoms with van der Waals surface area (Å²) in [6.45, 7) is 0. The number of para-hydroxylation sites is 1. The Hall–Kier alpha value is -2.05. The average molecular weight is 231 g/mol. The van der Waals surface area contributed by atoms with Gasteiger partial charge in [0.2, 0.25) is 5.39 Å². The van der Waals surface area contributed by atoms with Gasteiger partial charge in [-0.05, 0) is 24.3 Å². The summed E-state index contributed by atoms with van der Waals surface area (Å²) >= 11 is 5.90. The van der Waals surface area contributed by atoms with Crippen LogP contribution in [-0.4, -0.2) is 0 Å². The van der Waals surface area contributed by atoms with E-state index in [0.29, 0.717) is 10.7 Å². The Bertz CT molecular complexity index is 532. The van der Waals surface area contributed by atoms with E-state index in [1.807, 2.05) is 30.3 Å². The number of diazo groups is 1. The van der Waals surface area contributed by atoms with Gasteiger partial charge in [-0.3, -0.25) is 0 Å². The van der Waals surface area contributed by atoms with Crippen molar-refractivity contribution < 1.29 is 0 Å². The van der Waals surface area contributed by atoms with E-state index in [9.17, 15) is 0 Å². The molecule has 0 bridgehead atoms. The molecule has 3 nitrogen and oxygen atoms in total. The van der Waals surface area contributed by atoms with Gasteiger partial charge in [-0.1, -0.05) is 29.8 Å². The van der Waals surface area contributed by atoms with E-state index in [0.717, 1.165) is 11.4 Å². The molecule has 2 rings (SSSR count). The number of rotatable bonds is 2. The van der Waals surface area contributed by atoms with Crippen molar-refractivity contribution in [2.24, 2.45) is 0 Å². The van der Waals surface area contributed by atoms with Crippen molar-refractivity contribution in [3.8, 4) is 0 Å². The highest BCUT2D eigenvalue weighted by molar-refractivity contribution is 6.33. The Balaban J connectivity index is 2.24. The van der Waals surface area contributed by atoms with Crippen LogP contribution >= 0.6 is 11.6 Å². The first-order valence-corrected chi connectivity index (χ1v) is 5.14. The molecule has 0 amide bonds. The third kappa shape index (κ3) is 2.30. The molecule has 0 aromatic heterocycles. The van der Waals surface area contributed by atoms with E-state index in [4.69, 9.17) is 17.0 Å². The Labute approximate surface area is 98.3 Å². The van der Waals surface area contributed by atoms with Crippen LogP contribution in [0.1, 0.15) is 0 Å². The van der Waals surface area contributed by atoms with Gasteiger partial charge in [0.05, 0.1) is 0 Å². The van der Waals surface area contributed by atoms with Crippen LogP contribution in [0.2, 0.25) is 5.02 Å². The monoisotopic (exact) mass is 230 g/mol. The van der Waals surface area contributed by atoms with Crippen molar-refractivity contribution >= 4 is 28.7 Å². The standard InChI is InChI=1S/C12H9ClN3/c13-11-8-10(6-7-12(11)16-14)15-9-4-2-1-3-5-9/h1-8,15H/q+1. The van der Waals surface area contributed by atoms with Gasteiger partial charge in [-0.2, -0.15) is 0 Å². The highest BCUT2D eigenvalue weighted by Crippen LogP contribution is 2.29. The summed E-state index contributed by atoms with van der Waals surface area (Å²) in [5.74, 6) is 0. The lowest BCUT2D eigenvalue weighted by Crippen LogP contribution is -1.88. The summed E-state index contributed by atoms with van der Waals surface area (Å²) in [6, 6.07) is 14.9. The van der Waals surface area contributed by atoms with Crippen molar-refractivity contribution in [1.29, 1.82) is 5.39 Å². The van der Waals surface area contributed by atoms with Gasteiger partial charge in [0.1, 0.15) is 5.02 Å². The van der Waals surface area contributed by atoms with Crippen LogP contribution in [0, 0.1) is 5.39 Å². The molecule has 78 valence electrons. The molecule has 0 spiro atoms. The summed E-state index contributed by atoms with van der Waals surface area (Å²) in [5.41, 5.74) is 2.19. The number of hydrogen-bond acceptors (Lipinski definition) is 2. The first-order valence-electron chi connectivity index (χ1n) is 4.76. The second-order valence-corrected chi connectivity index (χ2v) is 3.66. The molecule has 0 aliphatic heterocycles. The van der Waals surface area contributed by atoms with Crippen LogP contribution in [0.3, 0.4) is 0 Å². The van der Waals surface area contributed by atoms with Crippen LogP contribution in [0.15, 0.2) is 48.5 Å². The van der Waals surface area contributed by atoms with E-state index in [1.165, 1.54) is 0 Å². The smallest absolute Gasteiger partial charge is 0.355 e. The molecule has 0 heterocycles. The fraction of sp³-hybridized carbons (Fsp3) is 0. The Morgan fingerprint density at radius 3 is 2.38 bits per heavy atom. The van der Waals surface area contributed by atoms with Crippen LogP contribution < -0.4 is 5.32 Å². The molecular formula is C12H9ClN3+. The average Bonchev–Trinajstić information content (AvgIpc) is 2.31. The normalized spacial score (nSPS) is 9.50. The maximum Gasteiger partial charge on any atom is 0.403 e. The van der Waals surface area contributed by atoms with Crippen LogP contribution in [0.25, 0.3) is 4.98 Å². The molecule has 2 aromatic carbocycles. The molecule has 2 aromatic rings. The lowest BCUT2D eigenvalue weighted by molar-refractivity contribution is 1.46. The quantitative estimate of drug-likeness (QED) is 0.768. The zero-order valence-electron chi connectivity index (χ0n) is 8.39. The third-order valence-electron chi connectivity index (χ3n) is 2.12. The molecule has 1 N–H and O–H groups in total. The van der Waals surface area contributed by atoms with E-state index in [-0.39, 0.29) is 0 Å². The SMILES string of the molecule is N#[N+]c1ccc(Nc2ccccc2)cc1Cl. The van der Waals surface area contributed by atoms with Crippen LogP contribution in [0.4, 0.5) is 17.1 Å². The van der Waals surface area contributed by atoms with Gasteiger partial charge >= 0.3 is 5.69 Å². The van der Waals surface area contributed by atoms with Crippen LogP contribution in [-0.2, 0) is 0 Å². The Kier molecular flexibility index (Phi) is 3.04. The largest absolute Gasteiger partial charge is 0.403 e. The zero-order chi connectivity index (χ0) is 11.4. The van der Waals surface area contributed by atoms with Gasteiger partial charge in [0.15, 0.2) is 4.98 Å². The third-order valence-corrected chi connectivity index (χ3v) is 2.42. The summed E-state index contributed by atoms with van der Waals surface area (Å²) in [7, 11) is 0. The molecule has 0 aliphatic carbocycles. The van der Waals surface area contributed by atoms with Gasteiger partial charge in [-0.25, -0.2) is 0 Å². The van der Waals surface area contributed by atoms with Crippen molar-refractivity contribution in [1.82, 2.24) is 0 Å². The lowest BCUT2D eigenvalue weighted by atomic mass is 10.2. The molecular weight excluding hydrogens is 222 g/mol. The summed E-state index contributed by atoms with van der Waals surface area (Å²) in [4.78, 5) is 3.06. The second kappa shape index (κ2) is 4.65. The first kappa shape index (κ1) is 10.5. The van der Waals surface area contributed by atoms with Crippen molar-refractivity contribution in [2.75, 3.05) is 5.32 Å². The minimum absolute atomic E-state index is 0.361. The Morgan fingerprint density at radius 1 is 1.00 bits per heavy atom. The van der Waals surface area contributed by atoms with Crippen molar-refractivity contribution in [2.45, 2.75) is 0 Å². The van der Waals surface area contributed by atoms with Gasteiger partial charge in [0, 0.05) is 17.4 Å². The summed E-state index contributed by atoms with van der Waals surface area (Å²) in [5, 5.41) is 12.2. The van der Waals surface area contributed by atoms with E-state index in [2.05, 4.69) is 10.3 Å². The van der Waals surface area contributed by atoms with E-state index >= 15 is 0 Å². The number of hydrogen-bond donors (Lipinski definition) is 1. The van der Waals surface area contributed by atoms with Crippen molar-refractivity contribution in [3.05, 3.63) is 58.5 Å². The van der Waals surface area contributed by atoms with Gasteiger partial charge in [0.25, 0.3) is 0 Å². The highest BCUT2D eigenvalue weighted by Gasteiger charge is 2.11. The molecule has 0 aliphatic rings. The minimum atomic E-state index is 0.361. The van der Waals surface area contributed by atoms with E-state index < -0.39 is 0 Å². The number of nitrogens with one attached hydrogen (secondary N) is 1. The first-order chi connectivity index (χ1) is 7.79. The predicted octanol–water partition coefficient (Wildman–Crippen LogP) is 4.57. The van der Waals surface area contributed by atoms with Gasteiger partial charge in [-0.15, -0.1) is 0 Å². The second-order valence-electron chi connectivity index (χ2n) is 3.26. The Morgan fingerprint density at radius 2 is 1.75 bits per heavy atom. The highest BCUT2D eigenvalue weighted by atomic mass is 35.5. The lowest BCUT2D eigenvalue weighted by Gasteiger charge is -2.04. The fourth-order valence-electron chi connectivity index (χ4n) is 1.35. The molecule has 0 fully saturated rings. The number of anilines is 2. The molecule has 0 unspecified atom stereocenters. The van der Waals surface area contributed by atoms with Crippen molar-refractivity contribution in [3.63, 3.8) is 0 Å². The minimum Gasteiger partial charge on any atom is -0.355 e. The predicted molar refractivity (Wildman–Crippen MR) is 65.9 cm³/mol. The molecule has 16 heavy (non-hydrogen) atoms. The fourth-order valence-corrected chi connectivity index (χ4v) is 1.57. The summed E-state index contributed by atoms with van der Waals surface area (Å²) < 4.78 is 0. The maximum atomic E-state index is 8.62. The molecule has 0 saturated carbocycles. The maximum absolute atomic E-state index is 8.62. The molecule has 4 heteroatoms. The molecule has 0 atom stereocenters. The molecule has 0 radical (unpaired) electrons. The van der Waals surface area contributed by atoms with E-state index in [1.54, 1.807) is 18.2 Å². The zero-order valence-corrected chi connectivity index (χ0v) is 9.15. The van der Waals surface area contributed by atoms with Gasteiger partial charge < -0.3 is 5.32 Å². The number of halogens is 1. The van der Waals surface area contributed by atoms with Crippen LogP contribution in [0.5, 0.6) is 0 Å². The summed E-state index contributed by atoms with van der Waals surface area (Å²) in [6.07, 6.45) is 0. The molecule has 0 saturated heterocycles. The number of nitrogens with zero attached hydrogens (tertiary/aromatic N) is 2. The number of benzene rings is 2. The topological polar surface area (TPSA) is 40.2 Å².